The average molecular weight is 508 g/mol. The Morgan fingerprint density at radius 2 is 1.64 bits per heavy atom. The Labute approximate surface area is 205 Å². The number of pyridine rings is 1. The molecule has 3 aromatic rings. The first kappa shape index (κ1) is 25.0. The Kier molecular flexibility index (Phi) is 8.72. The van der Waals surface area contributed by atoms with Crippen molar-refractivity contribution in [2.75, 3.05) is 27.1 Å². The van der Waals surface area contributed by atoms with Crippen LogP contribution in [-0.4, -0.2) is 42.1 Å². The van der Waals surface area contributed by atoms with Gasteiger partial charge in [0.15, 0.2) is 17.3 Å². The van der Waals surface area contributed by atoms with Gasteiger partial charge in [0.1, 0.15) is 0 Å². The summed E-state index contributed by atoms with van der Waals surface area (Å²) < 4.78 is 28.5. The lowest BCUT2D eigenvalue weighted by atomic mass is 10.0. The molecule has 0 aliphatic heterocycles. The van der Waals surface area contributed by atoms with Crippen LogP contribution in [0.2, 0.25) is 10.0 Å². The number of ether oxygens (including phenoxy) is 3. The van der Waals surface area contributed by atoms with Gasteiger partial charge in [0.25, 0.3) is 0 Å². The van der Waals surface area contributed by atoms with Crippen molar-refractivity contribution < 1.29 is 23.2 Å². The second kappa shape index (κ2) is 11.5. The fourth-order valence-electron chi connectivity index (χ4n) is 3.24. The van der Waals surface area contributed by atoms with Crippen LogP contribution in [0.25, 0.3) is 0 Å². The van der Waals surface area contributed by atoms with Gasteiger partial charge < -0.3 is 14.2 Å². The van der Waals surface area contributed by atoms with Gasteiger partial charge in [-0.25, -0.2) is 0 Å². The molecule has 0 saturated carbocycles. The van der Waals surface area contributed by atoms with E-state index < -0.39 is 10.8 Å². The lowest BCUT2D eigenvalue weighted by Gasteiger charge is -2.17. The quantitative estimate of drug-likeness (QED) is 0.351. The summed E-state index contributed by atoms with van der Waals surface area (Å²) in [7, 11) is 1.97. The standard InChI is InChI=1S/C24H23Cl2NO5S/c1-30-22-9-8-17(21(28)12-18-19(25)13-27-14-20(18)26)23(24(22)31-2)32-11-10-15-4-6-16(7-5-15)33(3)29/h4-9,13-14H,10-12H2,1-3H3. The maximum absolute atomic E-state index is 13.2. The Morgan fingerprint density at radius 3 is 2.21 bits per heavy atom. The minimum Gasteiger partial charge on any atom is -0.493 e. The number of Topliss-reactive ketones (excluding diaryl/α,β-unsaturated/α-hetero) is 1. The summed E-state index contributed by atoms with van der Waals surface area (Å²) in [6.45, 7) is 0.287. The van der Waals surface area contributed by atoms with E-state index in [2.05, 4.69) is 4.98 Å². The maximum Gasteiger partial charge on any atom is 0.204 e. The van der Waals surface area contributed by atoms with Gasteiger partial charge >= 0.3 is 0 Å². The molecule has 9 heteroatoms. The molecule has 0 spiro atoms. The van der Waals surface area contributed by atoms with Crippen LogP contribution in [0.1, 0.15) is 21.5 Å². The lowest BCUT2D eigenvalue weighted by Crippen LogP contribution is -2.11. The molecule has 3 rings (SSSR count). The molecule has 2 aromatic carbocycles. The highest BCUT2D eigenvalue weighted by molar-refractivity contribution is 7.84. The van der Waals surface area contributed by atoms with Crippen LogP contribution < -0.4 is 14.2 Å². The zero-order valence-corrected chi connectivity index (χ0v) is 20.7. The first-order chi connectivity index (χ1) is 15.8. The number of benzene rings is 2. The highest BCUT2D eigenvalue weighted by atomic mass is 35.5. The van der Waals surface area contributed by atoms with Crippen molar-refractivity contribution in [3.05, 3.63) is 75.5 Å². The van der Waals surface area contributed by atoms with E-state index in [1.165, 1.54) is 26.6 Å². The molecule has 1 heterocycles. The number of hydrogen-bond acceptors (Lipinski definition) is 6. The molecule has 6 nitrogen and oxygen atoms in total. The van der Waals surface area contributed by atoms with Gasteiger partial charge in [-0.1, -0.05) is 35.3 Å². The Balaban J connectivity index is 1.85. The van der Waals surface area contributed by atoms with E-state index >= 15 is 0 Å². The van der Waals surface area contributed by atoms with E-state index in [0.29, 0.717) is 39.1 Å². The van der Waals surface area contributed by atoms with Crippen LogP contribution in [0, 0.1) is 0 Å². The monoisotopic (exact) mass is 507 g/mol. The third-order valence-electron chi connectivity index (χ3n) is 4.98. The van der Waals surface area contributed by atoms with E-state index in [1.807, 2.05) is 24.3 Å². The number of aromatic nitrogens is 1. The van der Waals surface area contributed by atoms with Crippen LogP contribution in [-0.2, 0) is 23.6 Å². The molecule has 174 valence electrons. The third-order valence-corrected chi connectivity index (χ3v) is 6.57. The van der Waals surface area contributed by atoms with Crippen LogP contribution in [0.5, 0.6) is 17.2 Å². The number of carbonyl (C=O) groups excluding carboxylic acids is 1. The summed E-state index contributed by atoms with van der Waals surface area (Å²) in [5.41, 5.74) is 1.83. The molecular weight excluding hydrogens is 485 g/mol. The smallest absolute Gasteiger partial charge is 0.204 e. The van der Waals surface area contributed by atoms with E-state index in [4.69, 9.17) is 37.4 Å². The van der Waals surface area contributed by atoms with Crippen molar-refractivity contribution in [1.82, 2.24) is 4.98 Å². The second-order valence-corrected chi connectivity index (χ2v) is 9.25. The summed E-state index contributed by atoms with van der Waals surface area (Å²) in [5, 5.41) is 0.630. The van der Waals surface area contributed by atoms with Crippen LogP contribution in [0.4, 0.5) is 0 Å². The van der Waals surface area contributed by atoms with Gasteiger partial charge in [-0.2, -0.15) is 0 Å². The average Bonchev–Trinajstić information content (AvgIpc) is 2.81. The topological polar surface area (TPSA) is 74.7 Å². The summed E-state index contributed by atoms with van der Waals surface area (Å²) in [6, 6.07) is 10.7. The summed E-state index contributed by atoms with van der Waals surface area (Å²) in [6.07, 6.45) is 5.08. The molecule has 1 atom stereocenters. The van der Waals surface area contributed by atoms with Crippen molar-refractivity contribution >= 4 is 39.8 Å². The van der Waals surface area contributed by atoms with Crippen molar-refractivity contribution in [3.8, 4) is 17.2 Å². The Bertz CT molecular complexity index is 1150. The number of methoxy groups -OCH3 is 2. The molecule has 1 unspecified atom stereocenters. The summed E-state index contributed by atoms with van der Waals surface area (Å²) in [5.74, 6) is 0.816. The second-order valence-electron chi connectivity index (χ2n) is 7.06. The maximum atomic E-state index is 13.2. The zero-order chi connectivity index (χ0) is 24.0. The molecule has 0 radical (unpaired) electrons. The normalized spacial score (nSPS) is 11.7. The van der Waals surface area contributed by atoms with E-state index in [-0.39, 0.29) is 24.6 Å². The van der Waals surface area contributed by atoms with Gasteiger partial charge in [-0.05, 0) is 29.8 Å². The van der Waals surface area contributed by atoms with Gasteiger partial charge in [0, 0.05) is 52.7 Å². The molecule has 0 saturated heterocycles. The Hall–Kier alpha value is -2.61. The SMILES string of the molecule is COc1ccc(C(=O)Cc2c(Cl)cncc2Cl)c(OCCc2ccc(S(C)=O)cc2)c1OC. The van der Waals surface area contributed by atoms with Crippen LogP contribution >= 0.6 is 23.2 Å². The van der Waals surface area contributed by atoms with Gasteiger partial charge in [0.2, 0.25) is 5.75 Å². The molecule has 0 N–H and O–H groups in total. The number of rotatable bonds is 10. The molecule has 0 aliphatic rings. The largest absolute Gasteiger partial charge is 0.493 e. The number of hydrogen-bond donors (Lipinski definition) is 0. The molecule has 0 amide bonds. The van der Waals surface area contributed by atoms with Crippen molar-refractivity contribution in [2.45, 2.75) is 17.7 Å². The molecular formula is C24H23Cl2NO5S. The number of ketones is 1. The van der Waals surface area contributed by atoms with Crippen molar-refractivity contribution in [1.29, 1.82) is 0 Å². The third kappa shape index (κ3) is 6.05. The summed E-state index contributed by atoms with van der Waals surface area (Å²) in [4.78, 5) is 17.9. The fraction of sp³-hybridized carbons (Fsp3) is 0.250. The number of halogens is 2. The zero-order valence-electron chi connectivity index (χ0n) is 18.4. The van der Waals surface area contributed by atoms with Crippen LogP contribution in [0.3, 0.4) is 0 Å². The highest BCUT2D eigenvalue weighted by Crippen LogP contribution is 2.41. The predicted octanol–water partition coefficient (Wildman–Crippen LogP) is 5.19. The van der Waals surface area contributed by atoms with Crippen LogP contribution in [0.15, 0.2) is 53.7 Å². The fourth-order valence-corrected chi connectivity index (χ4v) is 4.26. The van der Waals surface area contributed by atoms with Gasteiger partial charge in [-0.3, -0.25) is 14.0 Å². The highest BCUT2D eigenvalue weighted by Gasteiger charge is 2.23. The van der Waals surface area contributed by atoms with E-state index in [0.717, 1.165) is 10.5 Å². The summed E-state index contributed by atoms with van der Waals surface area (Å²) >= 11 is 12.4. The molecule has 1 aromatic heterocycles. The van der Waals surface area contributed by atoms with Crippen molar-refractivity contribution in [2.24, 2.45) is 0 Å². The molecule has 0 aliphatic carbocycles. The van der Waals surface area contributed by atoms with E-state index in [9.17, 15) is 9.00 Å². The van der Waals surface area contributed by atoms with Gasteiger partial charge in [-0.15, -0.1) is 0 Å². The first-order valence-corrected chi connectivity index (χ1v) is 12.3. The predicted molar refractivity (Wildman–Crippen MR) is 130 cm³/mol. The molecule has 0 bridgehead atoms. The number of nitrogens with zero attached hydrogens (tertiary/aromatic N) is 1. The van der Waals surface area contributed by atoms with Gasteiger partial charge in [0.05, 0.1) is 36.4 Å². The van der Waals surface area contributed by atoms with Crippen molar-refractivity contribution in [3.63, 3.8) is 0 Å². The first-order valence-electron chi connectivity index (χ1n) is 9.97. The minimum absolute atomic E-state index is 0.0261. The number of carbonyl (C=O) groups is 1. The minimum atomic E-state index is -1.03. The molecule has 33 heavy (non-hydrogen) atoms. The molecule has 0 fully saturated rings. The van der Waals surface area contributed by atoms with E-state index in [1.54, 1.807) is 18.4 Å². The lowest BCUT2D eigenvalue weighted by molar-refractivity contribution is 0.0988. The Morgan fingerprint density at radius 1 is 0.970 bits per heavy atom.